The Morgan fingerprint density at radius 1 is 1.35 bits per heavy atom. The fraction of sp³-hybridized carbons (Fsp3) is 0.438. The average molecular weight is 393 g/mol. The van der Waals surface area contributed by atoms with Gasteiger partial charge in [0, 0.05) is 0 Å². The van der Waals surface area contributed by atoms with Gasteiger partial charge in [0.2, 0.25) is 0 Å². The van der Waals surface area contributed by atoms with E-state index in [1.165, 1.54) is 6.92 Å². The number of rotatable bonds is 7. The standard InChI is InChI=1S/C16H17F3O6S/c1-4-15(3,5-2)25-13-10-11(6-7-12(13)16(17,18)19)14(20)24-8-9-26(21,22)23/h1,6-7,10H,5,8-9H2,2-3H3,(H,21,22,23)/p-1. The fourth-order valence-corrected chi connectivity index (χ4v) is 2.02. The number of halogens is 3. The van der Waals surface area contributed by atoms with Crippen molar-refractivity contribution in [1.29, 1.82) is 0 Å². The Kier molecular flexibility index (Phi) is 6.68. The zero-order valence-electron chi connectivity index (χ0n) is 13.9. The van der Waals surface area contributed by atoms with Crippen molar-refractivity contribution in [2.75, 3.05) is 12.4 Å². The van der Waals surface area contributed by atoms with Gasteiger partial charge >= 0.3 is 12.1 Å². The summed E-state index contributed by atoms with van der Waals surface area (Å²) in [6.07, 6.45) is 0.747. The maximum absolute atomic E-state index is 13.1. The van der Waals surface area contributed by atoms with E-state index in [2.05, 4.69) is 10.7 Å². The lowest BCUT2D eigenvalue weighted by molar-refractivity contribution is -0.139. The predicted octanol–water partition coefficient (Wildman–Crippen LogP) is 2.59. The highest BCUT2D eigenvalue weighted by Gasteiger charge is 2.36. The van der Waals surface area contributed by atoms with Crippen LogP contribution in [0.1, 0.15) is 36.2 Å². The van der Waals surface area contributed by atoms with Crippen molar-refractivity contribution >= 4 is 16.1 Å². The van der Waals surface area contributed by atoms with Crippen molar-refractivity contribution in [3.8, 4) is 18.1 Å². The molecular formula is C16H16F3O6S-. The molecule has 0 heterocycles. The predicted molar refractivity (Wildman–Crippen MR) is 84.4 cm³/mol. The molecule has 1 rings (SSSR count). The highest BCUT2D eigenvalue weighted by atomic mass is 32.2. The number of terminal acetylenes is 1. The molecule has 0 aliphatic heterocycles. The van der Waals surface area contributed by atoms with Crippen molar-refractivity contribution in [3.05, 3.63) is 29.3 Å². The van der Waals surface area contributed by atoms with E-state index in [1.54, 1.807) is 6.92 Å². The molecule has 0 amide bonds. The van der Waals surface area contributed by atoms with Crippen LogP contribution in [-0.4, -0.2) is 36.9 Å². The minimum atomic E-state index is -4.75. The number of hydrogen-bond acceptors (Lipinski definition) is 6. The van der Waals surface area contributed by atoms with E-state index in [9.17, 15) is 30.9 Å². The lowest BCUT2D eigenvalue weighted by Gasteiger charge is -2.26. The van der Waals surface area contributed by atoms with Crippen LogP contribution in [-0.2, 0) is 21.0 Å². The van der Waals surface area contributed by atoms with Crippen LogP contribution in [0.2, 0.25) is 0 Å². The third-order valence-corrected chi connectivity index (χ3v) is 4.07. The van der Waals surface area contributed by atoms with Gasteiger partial charge in [-0.05, 0) is 31.5 Å². The SMILES string of the molecule is C#CC(C)(CC)Oc1cc(C(=O)OCCS(=O)(=O)[O-])ccc1C(F)(F)F. The lowest BCUT2D eigenvalue weighted by Crippen LogP contribution is -2.30. The van der Waals surface area contributed by atoms with E-state index in [4.69, 9.17) is 11.2 Å². The number of carbonyl (C=O) groups excluding carboxylic acids is 1. The molecule has 0 spiro atoms. The molecule has 0 aliphatic rings. The van der Waals surface area contributed by atoms with Crippen molar-refractivity contribution < 1.29 is 40.4 Å². The molecule has 0 bridgehead atoms. The van der Waals surface area contributed by atoms with Crippen LogP contribution >= 0.6 is 0 Å². The third-order valence-electron chi connectivity index (χ3n) is 3.40. The molecule has 0 aliphatic carbocycles. The first kappa shape index (κ1) is 21.8. The number of ether oxygens (including phenoxy) is 2. The molecule has 1 unspecified atom stereocenters. The molecular weight excluding hydrogens is 377 g/mol. The lowest BCUT2D eigenvalue weighted by atomic mass is 10.0. The van der Waals surface area contributed by atoms with E-state index in [0.29, 0.717) is 6.07 Å². The second kappa shape index (κ2) is 7.97. The molecule has 0 radical (unpaired) electrons. The van der Waals surface area contributed by atoms with Gasteiger partial charge in [-0.2, -0.15) is 13.2 Å². The Morgan fingerprint density at radius 2 is 1.96 bits per heavy atom. The molecule has 1 aromatic carbocycles. The molecule has 26 heavy (non-hydrogen) atoms. The van der Waals surface area contributed by atoms with Gasteiger partial charge < -0.3 is 14.0 Å². The number of esters is 1. The molecule has 0 aromatic heterocycles. The van der Waals surface area contributed by atoms with Crippen molar-refractivity contribution in [2.24, 2.45) is 0 Å². The molecule has 0 saturated carbocycles. The minimum absolute atomic E-state index is 0.205. The van der Waals surface area contributed by atoms with Crippen LogP contribution in [0.4, 0.5) is 13.2 Å². The van der Waals surface area contributed by atoms with E-state index in [1.807, 2.05) is 0 Å². The maximum Gasteiger partial charge on any atom is 0.419 e. The Bertz CT molecular complexity index is 810. The van der Waals surface area contributed by atoms with Crippen molar-refractivity contribution in [1.82, 2.24) is 0 Å². The van der Waals surface area contributed by atoms with Crippen LogP contribution in [0.25, 0.3) is 0 Å². The summed E-state index contributed by atoms with van der Waals surface area (Å²) in [5, 5.41) is 0. The summed E-state index contributed by atoms with van der Waals surface area (Å²) < 4.78 is 80.7. The molecule has 0 fully saturated rings. The van der Waals surface area contributed by atoms with Crippen LogP contribution in [0.3, 0.4) is 0 Å². The highest BCUT2D eigenvalue weighted by Crippen LogP contribution is 2.38. The summed E-state index contributed by atoms with van der Waals surface area (Å²) in [5.41, 5.74) is -2.78. The van der Waals surface area contributed by atoms with Gasteiger partial charge in [-0.1, -0.05) is 12.8 Å². The van der Waals surface area contributed by atoms with Crippen molar-refractivity contribution in [3.63, 3.8) is 0 Å². The molecule has 1 atom stereocenters. The van der Waals surface area contributed by atoms with Gasteiger partial charge in [0.25, 0.3) is 0 Å². The van der Waals surface area contributed by atoms with E-state index < -0.39 is 51.5 Å². The van der Waals surface area contributed by atoms with Crippen LogP contribution in [0, 0.1) is 12.3 Å². The summed E-state index contributed by atoms with van der Waals surface area (Å²) in [7, 11) is -4.59. The Morgan fingerprint density at radius 3 is 2.42 bits per heavy atom. The molecule has 0 N–H and O–H groups in total. The molecule has 144 valence electrons. The Hall–Kier alpha value is -2.25. The number of carbonyl (C=O) groups is 1. The van der Waals surface area contributed by atoms with Crippen molar-refractivity contribution in [2.45, 2.75) is 32.0 Å². The summed E-state index contributed by atoms with van der Waals surface area (Å²) in [4.78, 5) is 11.9. The summed E-state index contributed by atoms with van der Waals surface area (Å²) in [6.45, 7) is 2.31. The zero-order valence-corrected chi connectivity index (χ0v) is 14.7. The quantitative estimate of drug-likeness (QED) is 0.402. The van der Waals surface area contributed by atoms with Gasteiger partial charge in [0.05, 0.1) is 27.0 Å². The number of alkyl halides is 3. The summed E-state index contributed by atoms with van der Waals surface area (Å²) in [5.74, 6) is -0.470. The second-order valence-corrected chi connectivity index (χ2v) is 6.96. The molecule has 6 nitrogen and oxygen atoms in total. The third kappa shape index (κ3) is 6.24. The zero-order chi connectivity index (χ0) is 20.2. The van der Waals surface area contributed by atoms with Gasteiger partial charge in [-0.15, -0.1) is 6.42 Å². The first-order chi connectivity index (χ1) is 11.8. The Balaban J connectivity index is 3.16. The van der Waals surface area contributed by atoms with Gasteiger partial charge in [0.15, 0.2) is 5.60 Å². The molecule has 10 heteroatoms. The van der Waals surface area contributed by atoms with E-state index in [-0.39, 0.29) is 12.0 Å². The first-order valence-corrected chi connectivity index (χ1v) is 8.88. The number of benzene rings is 1. The smallest absolute Gasteiger partial charge is 0.419 e. The number of hydrogen-bond donors (Lipinski definition) is 0. The topological polar surface area (TPSA) is 92.7 Å². The molecule has 1 aromatic rings. The second-order valence-electron chi connectivity index (χ2n) is 5.44. The summed E-state index contributed by atoms with van der Waals surface area (Å²) >= 11 is 0. The van der Waals surface area contributed by atoms with Gasteiger partial charge in [0.1, 0.15) is 12.4 Å². The fourth-order valence-electron chi connectivity index (χ4n) is 1.73. The average Bonchev–Trinajstić information content (AvgIpc) is 2.52. The Labute approximate surface area is 149 Å². The monoisotopic (exact) mass is 393 g/mol. The van der Waals surface area contributed by atoms with Gasteiger partial charge in [-0.25, -0.2) is 13.2 Å². The van der Waals surface area contributed by atoms with Crippen LogP contribution in [0.5, 0.6) is 5.75 Å². The largest absolute Gasteiger partial charge is 0.748 e. The normalized spacial score (nSPS) is 14.2. The highest BCUT2D eigenvalue weighted by molar-refractivity contribution is 7.85. The minimum Gasteiger partial charge on any atom is -0.748 e. The first-order valence-electron chi connectivity index (χ1n) is 7.30. The molecule has 0 saturated heterocycles. The van der Waals surface area contributed by atoms with Gasteiger partial charge in [-0.3, -0.25) is 0 Å². The van der Waals surface area contributed by atoms with Crippen LogP contribution in [0.15, 0.2) is 18.2 Å². The van der Waals surface area contributed by atoms with E-state index in [0.717, 1.165) is 12.1 Å². The van der Waals surface area contributed by atoms with E-state index >= 15 is 0 Å². The summed E-state index contributed by atoms with van der Waals surface area (Å²) in [6, 6.07) is 2.29. The van der Waals surface area contributed by atoms with Crippen LogP contribution < -0.4 is 4.74 Å². The maximum atomic E-state index is 13.1.